The van der Waals surface area contributed by atoms with E-state index in [0.717, 1.165) is 28.1 Å². The van der Waals surface area contributed by atoms with Crippen molar-refractivity contribution in [1.82, 2.24) is 10.2 Å². The third-order valence-electron chi connectivity index (χ3n) is 5.26. The van der Waals surface area contributed by atoms with Crippen LogP contribution in [0.1, 0.15) is 31.4 Å². The van der Waals surface area contributed by atoms with Gasteiger partial charge in [-0.2, -0.15) is 0 Å². The summed E-state index contributed by atoms with van der Waals surface area (Å²) in [5.74, 6) is -0.520. The highest BCUT2D eigenvalue weighted by atomic mass is 35.5. The fourth-order valence-corrected chi connectivity index (χ4v) is 4.33. The van der Waals surface area contributed by atoms with Crippen molar-refractivity contribution in [3.63, 3.8) is 0 Å². The van der Waals surface area contributed by atoms with E-state index in [2.05, 4.69) is 5.32 Å². The summed E-state index contributed by atoms with van der Waals surface area (Å²) in [6.07, 6.45) is 1.78. The first kappa shape index (κ1) is 27.5. The highest BCUT2D eigenvalue weighted by Gasteiger charge is 2.31. The SMILES string of the molecule is CCCNC(=O)C(C)N(Cc1ccc(Cl)cc1)C(=O)CN(c1cc(C)ccc1OC)S(C)(=O)=O. The van der Waals surface area contributed by atoms with Gasteiger partial charge in [-0.25, -0.2) is 8.42 Å². The zero-order chi connectivity index (χ0) is 25.5. The van der Waals surface area contributed by atoms with E-state index >= 15 is 0 Å². The zero-order valence-corrected chi connectivity index (χ0v) is 21.7. The molecule has 1 unspecified atom stereocenters. The Balaban J connectivity index is 2.43. The number of nitrogens with one attached hydrogen (secondary N) is 1. The van der Waals surface area contributed by atoms with Gasteiger partial charge in [0.25, 0.3) is 0 Å². The molecule has 2 aromatic rings. The maximum absolute atomic E-state index is 13.5. The summed E-state index contributed by atoms with van der Waals surface area (Å²) >= 11 is 5.98. The summed E-state index contributed by atoms with van der Waals surface area (Å²) in [6.45, 7) is 5.47. The summed E-state index contributed by atoms with van der Waals surface area (Å²) in [5.41, 5.74) is 1.82. The average Bonchev–Trinajstić information content (AvgIpc) is 2.79. The molecule has 0 aromatic heterocycles. The second kappa shape index (κ2) is 12.1. The Hall–Kier alpha value is -2.78. The number of carbonyl (C=O) groups is 2. The van der Waals surface area contributed by atoms with Gasteiger partial charge in [0.05, 0.1) is 19.1 Å². The van der Waals surface area contributed by atoms with Crippen molar-refractivity contribution in [1.29, 1.82) is 0 Å². The second-order valence-corrected chi connectivity index (χ2v) is 10.4. The molecule has 0 aliphatic rings. The number of carbonyl (C=O) groups excluding carboxylic acids is 2. The Morgan fingerprint density at radius 2 is 1.79 bits per heavy atom. The van der Waals surface area contributed by atoms with E-state index < -0.39 is 28.5 Å². The lowest BCUT2D eigenvalue weighted by Crippen LogP contribution is -2.51. The molecular formula is C24H32ClN3O5S. The number of rotatable bonds is 11. The van der Waals surface area contributed by atoms with E-state index in [4.69, 9.17) is 16.3 Å². The lowest BCUT2D eigenvalue weighted by Gasteiger charge is -2.32. The van der Waals surface area contributed by atoms with Gasteiger partial charge in [0, 0.05) is 18.1 Å². The van der Waals surface area contributed by atoms with Crippen molar-refractivity contribution >= 4 is 39.1 Å². The molecule has 1 atom stereocenters. The van der Waals surface area contributed by atoms with E-state index in [-0.39, 0.29) is 18.1 Å². The monoisotopic (exact) mass is 509 g/mol. The number of amides is 2. The van der Waals surface area contributed by atoms with E-state index in [1.807, 2.05) is 13.8 Å². The highest BCUT2D eigenvalue weighted by Crippen LogP contribution is 2.31. The molecule has 0 bridgehead atoms. The van der Waals surface area contributed by atoms with Crippen molar-refractivity contribution in [2.24, 2.45) is 0 Å². The van der Waals surface area contributed by atoms with Gasteiger partial charge >= 0.3 is 0 Å². The van der Waals surface area contributed by atoms with Crippen molar-refractivity contribution in [3.05, 3.63) is 58.6 Å². The van der Waals surface area contributed by atoms with Crippen molar-refractivity contribution in [2.75, 3.05) is 30.8 Å². The second-order valence-electron chi connectivity index (χ2n) is 8.06. The van der Waals surface area contributed by atoms with Gasteiger partial charge < -0.3 is 15.0 Å². The molecule has 0 saturated carbocycles. The zero-order valence-electron chi connectivity index (χ0n) is 20.2. The number of sulfonamides is 1. The van der Waals surface area contributed by atoms with Crippen molar-refractivity contribution in [2.45, 2.75) is 39.8 Å². The third kappa shape index (κ3) is 7.36. The first-order chi connectivity index (χ1) is 16.0. The molecule has 8 nitrogen and oxygen atoms in total. The molecule has 10 heteroatoms. The predicted molar refractivity (Wildman–Crippen MR) is 135 cm³/mol. The smallest absolute Gasteiger partial charge is 0.244 e. The number of aryl methyl sites for hydroxylation is 1. The van der Waals surface area contributed by atoms with Crippen LogP contribution in [0.5, 0.6) is 5.75 Å². The van der Waals surface area contributed by atoms with E-state index in [1.54, 1.807) is 49.4 Å². The normalized spacial score (nSPS) is 12.1. The summed E-state index contributed by atoms with van der Waals surface area (Å²) in [6, 6.07) is 11.2. The highest BCUT2D eigenvalue weighted by molar-refractivity contribution is 7.92. The molecule has 0 aliphatic carbocycles. The number of anilines is 1. The Labute approximate surface area is 206 Å². The summed E-state index contributed by atoms with van der Waals surface area (Å²) in [7, 11) is -2.41. The molecule has 1 N–H and O–H groups in total. The van der Waals surface area contributed by atoms with Gasteiger partial charge in [-0.15, -0.1) is 0 Å². The number of hydrogen-bond donors (Lipinski definition) is 1. The van der Waals surface area contributed by atoms with E-state index in [1.165, 1.54) is 12.0 Å². The molecule has 0 radical (unpaired) electrons. The predicted octanol–water partition coefficient (Wildman–Crippen LogP) is 3.37. The van der Waals surface area contributed by atoms with Gasteiger partial charge in [-0.1, -0.05) is 36.7 Å². The topological polar surface area (TPSA) is 96.0 Å². The minimum Gasteiger partial charge on any atom is -0.495 e. The van der Waals surface area contributed by atoms with Crippen LogP contribution in [-0.2, 0) is 26.2 Å². The minimum absolute atomic E-state index is 0.110. The minimum atomic E-state index is -3.85. The Kier molecular flexibility index (Phi) is 9.76. The molecule has 0 heterocycles. The molecule has 2 aromatic carbocycles. The maximum Gasteiger partial charge on any atom is 0.244 e. The quantitative estimate of drug-likeness (QED) is 0.501. The van der Waals surface area contributed by atoms with Crippen LogP contribution in [0, 0.1) is 6.92 Å². The van der Waals surface area contributed by atoms with Gasteiger partial charge in [-0.05, 0) is 55.7 Å². The Morgan fingerprint density at radius 1 is 1.15 bits per heavy atom. The van der Waals surface area contributed by atoms with Gasteiger partial charge in [0.15, 0.2) is 0 Å². The van der Waals surface area contributed by atoms with Crippen LogP contribution >= 0.6 is 11.6 Å². The fraction of sp³-hybridized carbons (Fsp3) is 0.417. The van der Waals surface area contributed by atoms with E-state index in [0.29, 0.717) is 17.3 Å². The summed E-state index contributed by atoms with van der Waals surface area (Å²) < 4.78 is 31.8. The Morgan fingerprint density at radius 3 is 2.35 bits per heavy atom. The molecule has 2 amide bonds. The Bertz CT molecular complexity index is 1110. The lowest BCUT2D eigenvalue weighted by molar-refractivity contribution is -0.139. The summed E-state index contributed by atoms with van der Waals surface area (Å²) in [5, 5.41) is 3.34. The van der Waals surface area contributed by atoms with Crippen LogP contribution < -0.4 is 14.4 Å². The largest absolute Gasteiger partial charge is 0.495 e. The van der Waals surface area contributed by atoms with Gasteiger partial charge in [0.1, 0.15) is 18.3 Å². The van der Waals surface area contributed by atoms with Crippen LogP contribution in [0.2, 0.25) is 5.02 Å². The molecule has 0 aliphatic heterocycles. The van der Waals surface area contributed by atoms with Gasteiger partial charge in [-0.3, -0.25) is 13.9 Å². The number of hydrogen-bond acceptors (Lipinski definition) is 5. The number of ether oxygens (including phenoxy) is 1. The molecule has 2 rings (SSSR count). The van der Waals surface area contributed by atoms with Crippen LogP contribution in [0.3, 0.4) is 0 Å². The molecule has 0 saturated heterocycles. The van der Waals surface area contributed by atoms with E-state index in [9.17, 15) is 18.0 Å². The fourth-order valence-electron chi connectivity index (χ4n) is 3.35. The van der Waals surface area contributed by atoms with Crippen LogP contribution in [0.15, 0.2) is 42.5 Å². The van der Waals surface area contributed by atoms with Gasteiger partial charge in [0.2, 0.25) is 21.8 Å². The maximum atomic E-state index is 13.5. The van der Waals surface area contributed by atoms with Crippen molar-refractivity contribution < 1.29 is 22.7 Å². The van der Waals surface area contributed by atoms with Crippen LogP contribution in [-0.4, -0.2) is 57.6 Å². The molecule has 0 fully saturated rings. The third-order valence-corrected chi connectivity index (χ3v) is 6.64. The van der Waals surface area contributed by atoms with Crippen LogP contribution in [0.25, 0.3) is 0 Å². The summed E-state index contributed by atoms with van der Waals surface area (Å²) in [4.78, 5) is 27.6. The first-order valence-electron chi connectivity index (χ1n) is 10.9. The first-order valence-corrected chi connectivity index (χ1v) is 13.1. The average molecular weight is 510 g/mol. The standard InChI is InChI=1S/C24H32ClN3O5S/c1-6-13-26-24(30)18(3)27(15-19-8-10-20(25)11-9-19)23(29)16-28(34(5,31)32)21-14-17(2)7-12-22(21)33-4/h7-12,14,18H,6,13,15-16H2,1-5H3,(H,26,30). The molecular weight excluding hydrogens is 478 g/mol. The number of halogens is 1. The molecule has 0 spiro atoms. The van der Waals surface area contributed by atoms with Crippen molar-refractivity contribution in [3.8, 4) is 5.75 Å². The van der Waals surface area contributed by atoms with Crippen LogP contribution in [0.4, 0.5) is 5.69 Å². The number of methoxy groups -OCH3 is 1. The number of nitrogens with zero attached hydrogens (tertiary/aromatic N) is 2. The molecule has 186 valence electrons. The number of benzene rings is 2. The molecule has 34 heavy (non-hydrogen) atoms. The lowest BCUT2D eigenvalue weighted by atomic mass is 10.1.